The van der Waals surface area contributed by atoms with E-state index in [9.17, 15) is 4.79 Å². The third kappa shape index (κ3) is 8.39. The summed E-state index contributed by atoms with van der Waals surface area (Å²) in [6.07, 6.45) is 16.9. The molecule has 0 saturated carbocycles. The van der Waals surface area contributed by atoms with Crippen molar-refractivity contribution in [1.29, 1.82) is 0 Å². The summed E-state index contributed by atoms with van der Waals surface area (Å²) in [5.41, 5.74) is 5.10. The molecular formula is C21H30O2. The smallest absolute Gasteiger partial charge is 0.331 e. The summed E-state index contributed by atoms with van der Waals surface area (Å²) in [4.78, 5) is 11.5. The molecule has 0 saturated heterocycles. The first-order valence-corrected chi connectivity index (χ1v) is 8.49. The number of carbonyl (C=O) groups is 1. The second-order valence-corrected chi connectivity index (χ2v) is 6.49. The topological polar surface area (TPSA) is 26.3 Å². The number of esters is 1. The highest BCUT2D eigenvalue weighted by atomic mass is 16.5. The van der Waals surface area contributed by atoms with E-state index in [0.29, 0.717) is 0 Å². The molecule has 0 spiro atoms. The predicted octanol–water partition coefficient (Wildman–Crippen LogP) is 5.83. The van der Waals surface area contributed by atoms with Crippen LogP contribution in [0, 0.1) is 0 Å². The minimum atomic E-state index is -0.289. The number of ether oxygens (including phenoxy) is 1. The van der Waals surface area contributed by atoms with Gasteiger partial charge in [-0.1, -0.05) is 41.5 Å². The Morgan fingerprint density at radius 3 is 2.43 bits per heavy atom. The fraction of sp³-hybridized carbons (Fsp3) is 0.476. The summed E-state index contributed by atoms with van der Waals surface area (Å²) >= 11 is 0. The lowest BCUT2D eigenvalue weighted by Crippen LogP contribution is -2.08. The van der Waals surface area contributed by atoms with Crippen LogP contribution in [-0.4, -0.2) is 12.1 Å². The molecule has 0 fully saturated rings. The highest BCUT2D eigenvalue weighted by Gasteiger charge is 2.05. The summed E-state index contributed by atoms with van der Waals surface area (Å²) in [6, 6.07) is 0. The molecule has 0 heterocycles. The quantitative estimate of drug-likeness (QED) is 0.350. The van der Waals surface area contributed by atoms with Crippen molar-refractivity contribution in [3.63, 3.8) is 0 Å². The van der Waals surface area contributed by atoms with E-state index in [1.54, 1.807) is 0 Å². The van der Waals surface area contributed by atoms with Gasteiger partial charge in [0.05, 0.1) is 6.10 Å². The Kier molecular flexibility index (Phi) is 8.39. The highest BCUT2D eigenvalue weighted by Crippen LogP contribution is 2.25. The third-order valence-corrected chi connectivity index (χ3v) is 3.76. The zero-order chi connectivity index (χ0) is 17.2. The number of hydrogen-bond donors (Lipinski definition) is 0. The van der Waals surface area contributed by atoms with Crippen molar-refractivity contribution in [1.82, 2.24) is 0 Å². The van der Waals surface area contributed by atoms with Gasteiger partial charge in [0.15, 0.2) is 0 Å². The Bertz CT molecular complexity index is 554. The summed E-state index contributed by atoms with van der Waals surface area (Å²) in [5.74, 6) is -0.289. The number of carbonyl (C=O) groups excluding carboxylic acids is 1. The molecule has 0 aromatic heterocycles. The van der Waals surface area contributed by atoms with E-state index in [1.807, 2.05) is 32.9 Å². The molecule has 0 aromatic carbocycles. The molecule has 0 aromatic rings. The Hall–Kier alpha value is -1.83. The van der Waals surface area contributed by atoms with E-state index in [2.05, 4.69) is 32.1 Å². The van der Waals surface area contributed by atoms with Crippen LogP contribution in [0.3, 0.4) is 0 Å². The lowest BCUT2D eigenvalue weighted by atomic mass is 9.92. The van der Waals surface area contributed by atoms with Crippen molar-refractivity contribution >= 4 is 5.97 Å². The van der Waals surface area contributed by atoms with Crippen molar-refractivity contribution < 1.29 is 9.53 Å². The molecule has 23 heavy (non-hydrogen) atoms. The van der Waals surface area contributed by atoms with Crippen molar-refractivity contribution in [2.45, 2.75) is 66.4 Å². The second kappa shape index (κ2) is 10.0. The standard InChI is InChI=1S/C21H30O2/c1-16(2)23-21(22)15-18(4)10-8-9-17(3)13-14-20-12-7-6-11-19(20)5/h8-10,13-16H,6-7,11-12H2,1-5H3/b10-8+,14-13+,17-9+,18-15+. The van der Waals surface area contributed by atoms with Crippen LogP contribution < -0.4 is 0 Å². The van der Waals surface area contributed by atoms with Crippen LogP contribution in [0.1, 0.15) is 60.3 Å². The fourth-order valence-corrected chi connectivity index (χ4v) is 2.44. The summed E-state index contributed by atoms with van der Waals surface area (Å²) < 4.78 is 5.08. The van der Waals surface area contributed by atoms with Crippen LogP contribution in [0.2, 0.25) is 0 Å². The third-order valence-electron chi connectivity index (χ3n) is 3.76. The lowest BCUT2D eigenvalue weighted by molar-refractivity contribution is -0.141. The predicted molar refractivity (Wildman–Crippen MR) is 98.2 cm³/mol. The molecule has 126 valence electrons. The monoisotopic (exact) mass is 314 g/mol. The van der Waals surface area contributed by atoms with Crippen molar-refractivity contribution in [2.75, 3.05) is 0 Å². The summed E-state index contributed by atoms with van der Waals surface area (Å²) in [5, 5.41) is 0. The van der Waals surface area contributed by atoms with Crippen LogP contribution in [0.15, 0.2) is 58.7 Å². The first kappa shape index (κ1) is 19.2. The maximum Gasteiger partial charge on any atom is 0.331 e. The Balaban J connectivity index is 2.58. The second-order valence-electron chi connectivity index (χ2n) is 6.49. The molecule has 0 radical (unpaired) electrons. The molecule has 0 N–H and O–H groups in total. The zero-order valence-corrected chi connectivity index (χ0v) is 15.2. The van der Waals surface area contributed by atoms with Gasteiger partial charge in [0, 0.05) is 6.08 Å². The Morgan fingerprint density at radius 1 is 1.09 bits per heavy atom. The Labute approximate surface area is 141 Å². The molecule has 0 atom stereocenters. The normalized spacial score (nSPS) is 17.7. The molecule has 0 unspecified atom stereocenters. The molecule has 0 bridgehead atoms. The average Bonchev–Trinajstić information content (AvgIpc) is 2.45. The molecule has 2 heteroatoms. The molecule has 0 amide bonds. The van der Waals surface area contributed by atoms with Gasteiger partial charge in [-0.2, -0.15) is 0 Å². The molecule has 1 aliphatic carbocycles. The maximum absolute atomic E-state index is 11.5. The minimum absolute atomic E-state index is 0.0830. The van der Waals surface area contributed by atoms with E-state index >= 15 is 0 Å². The van der Waals surface area contributed by atoms with Gasteiger partial charge in [0.1, 0.15) is 0 Å². The van der Waals surface area contributed by atoms with Gasteiger partial charge in [-0.25, -0.2) is 4.79 Å². The van der Waals surface area contributed by atoms with E-state index in [-0.39, 0.29) is 12.1 Å². The van der Waals surface area contributed by atoms with Gasteiger partial charge in [0.25, 0.3) is 0 Å². The molecule has 2 nitrogen and oxygen atoms in total. The first-order chi connectivity index (χ1) is 10.9. The van der Waals surface area contributed by atoms with Crippen LogP contribution in [0.5, 0.6) is 0 Å². The van der Waals surface area contributed by atoms with E-state index < -0.39 is 0 Å². The molecule has 1 rings (SSSR count). The molecule has 1 aliphatic rings. The Morgan fingerprint density at radius 2 is 1.78 bits per heavy atom. The van der Waals surface area contributed by atoms with Gasteiger partial charge in [-0.3, -0.25) is 0 Å². The number of allylic oxidation sites excluding steroid dienone is 9. The van der Waals surface area contributed by atoms with Gasteiger partial charge < -0.3 is 4.74 Å². The van der Waals surface area contributed by atoms with Gasteiger partial charge in [-0.15, -0.1) is 0 Å². The minimum Gasteiger partial charge on any atom is -0.460 e. The van der Waals surface area contributed by atoms with Crippen molar-refractivity contribution in [2.24, 2.45) is 0 Å². The van der Waals surface area contributed by atoms with Crippen LogP contribution in [0.25, 0.3) is 0 Å². The van der Waals surface area contributed by atoms with Crippen molar-refractivity contribution in [3.8, 4) is 0 Å². The van der Waals surface area contributed by atoms with E-state index in [4.69, 9.17) is 4.74 Å². The number of rotatable bonds is 6. The molecule has 0 aliphatic heterocycles. The zero-order valence-electron chi connectivity index (χ0n) is 15.2. The largest absolute Gasteiger partial charge is 0.460 e. The van der Waals surface area contributed by atoms with E-state index in [1.165, 1.54) is 48.5 Å². The van der Waals surface area contributed by atoms with Gasteiger partial charge in [-0.05, 0) is 71.4 Å². The van der Waals surface area contributed by atoms with Gasteiger partial charge in [0.2, 0.25) is 0 Å². The highest BCUT2D eigenvalue weighted by molar-refractivity contribution is 5.83. The van der Waals surface area contributed by atoms with Crippen LogP contribution >= 0.6 is 0 Å². The van der Waals surface area contributed by atoms with Gasteiger partial charge >= 0.3 is 5.97 Å². The van der Waals surface area contributed by atoms with Crippen molar-refractivity contribution in [3.05, 3.63) is 58.7 Å². The fourth-order valence-electron chi connectivity index (χ4n) is 2.44. The summed E-state index contributed by atoms with van der Waals surface area (Å²) in [7, 11) is 0. The van der Waals surface area contributed by atoms with Crippen LogP contribution in [0.4, 0.5) is 0 Å². The van der Waals surface area contributed by atoms with E-state index in [0.717, 1.165) is 5.57 Å². The number of hydrogen-bond acceptors (Lipinski definition) is 2. The SMILES string of the molecule is CC1=C(/C=C/C(C)=C/C=C/C(C)=C/C(=O)OC(C)C)CCCC1. The maximum atomic E-state index is 11.5. The average molecular weight is 314 g/mol. The first-order valence-electron chi connectivity index (χ1n) is 8.49. The summed E-state index contributed by atoms with van der Waals surface area (Å²) in [6.45, 7) is 9.92. The molecular weight excluding hydrogens is 284 g/mol. The van der Waals surface area contributed by atoms with Crippen LogP contribution in [-0.2, 0) is 9.53 Å². The lowest BCUT2D eigenvalue weighted by Gasteiger charge is -2.14.